The van der Waals surface area contributed by atoms with E-state index in [1.54, 1.807) is 6.08 Å². The highest BCUT2D eigenvalue weighted by Gasteiger charge is 2.31. The summed E-state index contributed by atoms with van der Waals surface area (Å²) in [5, 5.41) is 11.6. The predicted molar refractivity (Wildman–Crippen MR) is 125 cm³/mol. The number of fused-ring (bicyclic) bond motifs is 1. The Morgan fingerprint density at radius 3 is 2.65 bits per heavy atom. The van der Waals surface area contributed by atoms with E-state index < -0.39 is 0 Å². The van der Waals surface area contributed by atoms with Crippen molar-refractivity contribution in [3.8, 4) is 0 Å². The standard InChI is InChI=1S/C25H35FN4O/c1-7-21(25(5,6)16-27-23(31)29-24(2,3)4)17-8-13-22-18(14-17)15-28-30(22)20-11-9-19(26)10-12-20/h8-11,13-15,20-21H,7,12,16H2,1-6H3,(H2,27,29,31). The van der Waals surface area contributed by atoms with Gasteiger partial charge in [0.15, 0.2) is 0 Å². The molecule has 0 fully saturated rings. The summed E-state index contributed by atoms with van der Waals surface area (Å²) in [5.74, 6) is 0.0922. The lowest BCUT2D eigenvalue weighted by Gasteiger charge is -2.35. The molecule has 2 atom stereocenters. The first-order chi connectivity index (χ1) is 14.5. The number of amides is 2. The lowest BCUT2D eigenvalue weighted by molar-refractivity contribution is 0.217. The zero-order valence-corrected chi connectivity index (χ0v) is 19.5. The summed E-state index contributed by atoms with van der Waals surface area (Å²) < 4.78 is 15.3. The van der Waals surface area contributed by atoms with E-state index in [1.165, 1.54) is 11.6 Å². The first-order valence-corrected chi connectivity index (χ1v) is 11.1. The molecular formula is C25H35FN4O. The fourth-order valence-corrected chi connectivity index (χ4v) is 4.37. The molecule has 1 aromatic carbocycles. The molecule has 1 aliphatic rings. The highest BCUT2D eigenvalue weighted by Crippen LogP contribution is 2.39. The number of hydrogen-bond acceptors (Lipinski definition) is 2. The minimum atomic E-state index is -0.265. The van der Waals surface area contributed by atoms with E-state index in [4.69, 9.17) is 0 Å². The first kappa shape index (κ1) is 23.0. The molecule has 168 valence electrons. The number of carbonyl (C=O) groups is 1. The van der Waals surface area contributed by atoms with E-state index in [-0.39, 0.29) is 34.8 Å². The third-order valence-electron chi connectivity index (χ3n) is 5.91. The Labute approximate surface area is 184 Å². The minimum Gasteiger partial charge on any atom is -0.338 e. The average Bonchev–Trinajstić information content (AvgIpc) is 3.09. The number of hydrogen-bond donors (Lipinski definition) is 2. The van der Waals surface area contributed by atoms with Gasteiger partial charge in [-0.2, -0.15) is 5.10 Å². The Hall–Kier alpha value is -2.63. The van der Waals surface area contributed by atoms with Crippen LogP contribution in [-0.4, -0.2) is 27.9 Å². The molecule has 0 radical (unpaired) electrons. The van der Waals surface area contributed by atoms with Gasteiger partial charge in [0, 0.05) is 17.5 Å². The predicted octanol–water partition coefficient (Wildman–Crippen LogP) is 6.01. The number of allylic oxidation sites excluding steroid dienone is 4. The van der Waals surface area contributed by atoms with Crippen molar-refractivity contribution < 1.29 is 9.18 Å². The molecule has 3 rings (SSSR count). The number of aromatic nitrogens is 2. The van der Waals surface area contributed by atoms with Crippen molar-refractivity contribution in [2.45, 2.75) is 71.9 Å². The average molecular weight is 427 g/mol. The maximum atomic E-state index is 13.3. The van der Waals surface area contributed by atoms with Gasteiger partial charge in [0.1, 0.15) is 5.83 Å². The van der Waals surface area contributed by atoms with Crippen molar-refractivity contribution >= 4 is 16.9 Å². The van der Waals surface area contributed by atoms with Crippen LogP contribution in [0, 0.1) is 5.41 Å². The van der Waals surface area contributed by atoms with E-state index in [0.717, 1.165) is 17.3 Å². The minimum absolute atomic E-state index is 0.0341. The van der Waals surface area contributed by atoms with Crippen molar-refractivity contribution in [3.05, 3.63) is 54.0 Å². The van der Waals surface area contributed by atoms with Crippen LogP contribution in [0.1, 0.15) is 71.9 Å². The number of rotatable bonds is 6. The molecule has 1 aromatic heterocycles. The third-order valence-corrected chi connectivity index (χ3v) is 5.91. The second-order valence-electron chi connectivity index (χ2n) is 10.2. The van der Waals surface area contributed by atoms with Gasteiger partial charge in [-0.05, 0) is 74.8 Å². The molecule has 2 unspecified atom stereocenters. The molecule has 0 spiro atoms. The molecule has 0 saturated heterocycles. The number of nitrogens with zero attached hydrogens (tertiary/aromatic N) is 2. The number of nitrogens with one attached hydrogen (secondary N) is 2. The van der Waals surface area contributed by atoms with Gasteiger partial charge in [0.05, 0.1) is 17.8 Å². The van der Waals surface area contributed by atoms with Crippen LogP contribution >= 0.6 is 0 Å². The molecule has 0 aliphatic heterocycles. The quantitative estimate of drug-likeness (QED) is 0.594. The largest absolute Gasteiger partial charge is 0.338 e. The Kier molecular flexibility index (Phi) is 6.58. The number of urea groups is 1. The van der Waals surface area contributed by atoms with Gasteiger partial charge in [-0.3, -0.25) is 4.68 Å². The lowest BCUT2D eigenvalue weighted by Crippen LogP contribution is -2.49. The van der Waals surface area contributed by atoms with Crippen LogP contribution in [0.3, 0.4) is 0 Å². The fourth-order valence-electron chi connectivity index (χ4n) is 4.37. The molecule has 5 nitrogen and oxygen atoms in total. The summed E-state index contributed by atoms with van der Waals surface area (Å²) in [5.41, 5.74) is 1.90. The topological polar surface area (TPSA) is 59.0 Å². The molecule has 2 amide bonds. The Balaban J connectivity index is 1.77. The van der Waals surface area contributed by atoms with Gasteiger partial charge in [0.25, 0.3) is 0 Å². The molecule has 0 saturated carbocycles. The number of benzene rings is 1. The van der Waals surface area contributed by atoms with Gasteiger partial charge >= 0.3 is 6.03 Å². The zero-order valence-electron chi connectivity index (χ0n) is 19.5. The smallest absolute Gasteiger partial charge is 0.315 e. The SMILES string of the molecule is CCC(c1ccc2c(cnn2C2C=CC(F)=CC2)c1)C(C)(C)CNC(=O)NC(C)(C)C. The van der Waals surface area contributed by atoms with Crippen LogP contribution in [0.25, 0.3) is 10.9 Å². The van der Waals surface area contributed by atoms with Crippen LogP contribution in [0.15, 0.2) is 48.5 Å². The third kappa shape index (κ3) is 5.54. The summed E-state index contributed by atoms with van der Waals surface area (Å²) in [6, 6.07) is 6.37. The summed E-state index contributed by atoms with van der Waals surface area (Å²) in [6.07, 6.45) is 8.43. The normalized spacial score (nSPS) is 18.0. The van der Waals surface area contributed by atoms with Gasteiger partial charge in [-0.15, -0.1) is 0 Å². The van der Waals surface area contributed by atoms with Gasteiger partial charge < -0.3 is 10.6 Å². The summed E-state index contributed by atoms with van der Waals surface area (Å²) >= 11 is 0. The highest BCUT2D eigenvalue weighted by molar-refractivity contribution is 5.80. The second kappa shape index (κ2) is 8.85. The molecule has 1 aliphatic carbocycles. The van der Waals surface area contributed by atoms with Gasteiger partial charge in [-0.1, -0.05) is 32.9 Å². The van der Waals surface area contributed by atoms with E-state index in [2.05, 4.69) is 54.7 Å². The lowest BCUT2D eigenvalue weighted by atomic mass is 9.73. The monoisotopic (exact) mass is 426 g/mol. The van der Waals surface area contributed by atoms with Crippen LogP contribution < -0.4 is 10.6 Å². The van der Waals surface area contributed by atoms with Crippen LogP contribution in [0.5, 0.6) is 0 Å². The Morgan fingerprint density at radius 1 is 1.29 bits per heavy atom. The second-order valence-corrected chi connectivity index (χ2v) is 10.2. The first-order valence-electron chi connectivity index (χ1n) is 11.1. The molecule has 1 heterocycles. The summed E-state index contributed by atoms with van der Waals surface area (Å²) in [6.45, 7) is 13.1. The van der Waals surface area contributed by atoms with E-state index in [1.807, 2.05) is 37.7 Å². The van der Waals surface area contributed by atoms with Crippen molar-refractivity contribution in [3.63, 3.8) is 0 Å². The Morgan fingerprint density at radius 2 is 2.03 bits per heavy atom. The van der Waals surface area contributed by atoms with Crippen molar-refractivity contribution in [1.82, 2.24) is 20.4 Å². The molecule has 2 aromatic rings. The van der Waals surface area contributed by atoms with E-state index in [9.17, 15) is 9.18 Å². The number of halogens is 1. The van der Waals surface area contributed by atoms with Crippen LogP contribution in [0.2, 0.25) is 0 Å². The van der Waals surface area contributed by atoms with Gasteiger partial charge in [-0.25, -0.2) is 9.18 Å². The Bertz CT molecular complexity index is 997. The summed E-state index contributed by atoms with van der Waals surface area (Å²) in [4.78, 5) is 12.2. The molecular weight excluding hydrogens is 391 g/mol. The van der Waals surface area contributed by atoms with Crippen LogP contribution in [0.4, 0.5) is 9.18 Å². The fraction of sp³-hybridized carbons (Fsp3) is 0.520. The van der Waals surface area contributed by atoms with Crippen molar-refractivity contribution in [1.29, 1.82) is 0 Å². The number of carbonyl (C=O) groups excluding carboxylic acids is 1. The molecule has 0 bridgehead atoms. The molecule has 2 N–H and O–H groups in total. The maximum Gasteiger partial charge on any atom is 0.315 e. The van der Waals surface area contributed by atoms with Crippen molar-refractivity contribution in [2.75, 3.05) is 6.54 Å². The maximum absolute atomic E-state index is 13.3. The van der Waals surface area contributed by atoms with Gasteiger partial charge in [0.2, 0.25) is 0 Å². The zero-order chi connectivity index (χ0) is 22.8. The highest BCUT2D eigenvalue weighted by atomic mass is 19.1. The van der Waals surface area contributed by atoms with E-state index in [0.29, 0.717) is 13.0 Å². The molecule has 31 heavy (non-hydrogen) atoms. The van der Waals surface area contributed by atoms with Crippen LogP contribution in [-0.2, 0) is 0 Å². The van der Waals surface area contributed by atoms with Crippen molar-refractivity contribution in [2.24, 2.45) is 5.41 Å². The summed E-state index contributed by atoms with van der Waals surface area (Å²) in [7, 11) is 0. The van der Waals surface area contributed by atoms with E-state index >= 15 is 0 Å². The molecule has 6 heteroatoms.